The fraction of sp³-hybridized carbons (Fsp3) is 0.364. The van der Waals surface area contributed by atoms with E-state index in [4.69, 9.17) is 10.5 Å². The smallest absolute Gasteiger partial charge is 0.316 e. The Bertz CT molecular complexity index is 358. The standard InChI is InChI=1S/C11H15N3O2/c12-11(15)14-9-3-1-8(2-4-9)13-10-5-6-16-7-10/h1-4,10,13H,5-7H2,(H3,12,14,15). The van der Waals surface area contributed by atoms with Gasteiger partial charge in [-0.1, -0.05) is 0 Å². The van der Waals surface area contributed by atoms with Gasteiger partial charge < -0.3 is 21.1 Å². The van der Waals surface area contributed by atoms with Crippen LogP contribution in [0.1, 0.15) is 6.42 Å². The fourth-order valence-corrected chi connectivity index (χ4v) is 1.68. The van der Waals surface area contributed by atoms with Crippen LogP contribution in [0, 0.1) is 0 Å². The number of carbonyl (C=O) groups excluding carboxylic acids is 1. The number of anilines is 2. The maximum Gasteiger partial charge on any atom is 0.316 e. The van der Waals surface area contributed by atoms with Gasteiger partial charge in [-0.3, -0.25) is 0 Å². The van der Waals surface area contributed by atoms with E-state index in [1.807, 2.05) is 24.3 Å². The second-order valence-corrected chi connectivity index (χ2v) is 3.77. The van der Waals surface area contributed by atoms with Crippen LogP contribution in [0.3, 0.4) is 0 Å². The van der Waals surface area contributed by atoms with Crippen molar-refractivity contribution in [1.82, 2.24) is 0 Å². The van der Waals surface area contributed by atoms with E-state index in [0.29, 0.717) is 11.7 Å². The Morgan fingerprint density at radius 2 is 2.00 bits per heavy atom. The number of urea groups is 1. The van der Waals surface area contributed by atoms with E-state index in [9.17, 15) is 4.79 Å². The number of amides is 2. The minimum absolute atomic E-state index is 0.384. The van der Waals surface area contributed by atoms with Gasteiger partial charge in [0.05, 0.1) is 12.6 Å². The minimum Gasteiger partial charge on any atom is -0.380 e. The molecule has 0 saturated carbocycles. The van der Waals surface area contributed by atoms with Gasteiger partial charge in [0, 0.05) is 18.0 Å². The van der Waals surface area contributed by atoms with Gasteiger partial charge in [0.25, 0.3) is 0 Å². The first kappa shape index (κ1) is 10.8. The molecule has 1 aliphatic rings. The van der Waals surface area contributed by atoms with Crippen molar-refractivity contribution >= 4 is 17.4 Å². The van der Waals surface area contributed by atoms with Crippen LogP contribution in [0.5, 0.6) is 0 Å². The second kappa shape index (κ2) is 4.85. The van der Waals surface area contributed by atoms with Gasteiger partial charge in [-0.15, -0.1) is 0 Å². The highest BCUT2D eigenvalue weighted by Gasteiger charge is 2.14. The van der Waals surface area contributed by atoms with E-state index >= 15 is 0 Å². The van der Waals surface area contributed by atoms with E-state index in [1.165, 1.54) is 0 Å². The number of ether oxygens (including phenoxy) is 1. The van der Waals surface area contributed by atoms with Gasteiger partial charge >= 0.3 is 6.03 Å². The molecule has 86 valence electrons. The lowest BCUT2D eigenvalue weighted by Gasteiger charge is -2.12. The number of nitrogens with two attached hydrogens (primary N) is 1. The molecule has 1 unspecified atom stereocenters. The summed E-state index contributed by atoms with van der Waals surface area (Å²) in [6.07, 6.45) is 1.03. The van der Waals surface area contributed by atoms with Gasteiger partial charge in [0.2, 0.25) is 0 Å². The van der Waals surface area contributed by atoms with E-state index in [0.717, 1.165) is 25.3 Å². The molecule has 0 aliphatic carbocycles. The van der Waals surface area contributed by atoms with Gasteiger partial charge in [-0.05, 0) is 30.7 Å². The molecule has 1 heterocycles. The topological polar surface area (TPSA) is 76.4 Å². The number of benzene rings is 1. The Kier molecular flexibility index (Phi) is 3.26. The van der Waals surface area contributed by atoms with Crippen molar-refractivity contribution < 1.29 is 9.53 Å². The number of hydrogen-bond acceptors (Lipinski definition) is 3. The van der Waals surface area contributed by atoms with Gasteiger partial charge in [0.15, 0.2) is 0 Å². The Labute approximate surface area is 94.0 Å². The second-order valence-electron chi connectivity index (χ2n) is 3.77. The largest absolute Gasteiger partial charge is 0.380 e. The number of carbonyl (C=O) groups is 1. The quantitative estimate of drug-likeness (QED) is 0.721. The summed E-state index contributed by atoms with van der Waals surface area (Å²) in [4.78, 5) is 10.6. The number of primary amides is 1. The molecule has 1 fully saturated rings. The Hall–Kier alpha value is -1.75. The highest BCUT2D eigenvalue weighted by molar-refractivity contribution is 5.87. The summed E-state index contributed by atoms with van der Waals surface area (Å²) in [6, 6.07) is 7.26. The van der Waals surface area contributed by atoms with Crippen LogP contribution in [-0.2, 0) is 4.74 Å². The molecule has 0 bridgehead atoms. The van der Waals surface area contributed by atoms with Gasteiger partial charge in [-0.2, -0.15) is 0 Å². The molecular formula is C11H15N3O2. The first-order valence-corrected chi connectivity index (χ1v) is 5.25. The zero-order valence-corrected chi connectivity index (χ0v) is 8.90. The maximum atomic E-state index is 10.6. The molecule has 0 aromatic heterocycles. The third kappa shape index (κ3) is 2.87. The van der Waals surface area contributed by atoms with Crippen molar-refractivity contribution in [2.24, 2.45) is 5.73 Å². The zero-order chi connectivity index (χ0) is 11.4. The van der Waals surface area contributed by atoms with Crippen LogP contribution >= 0.6 is 0 Å². The molecular weight excluding hydrogens is 206 g/mol. The summed E-state index contributed by atoms with van der Waals surface area (Å²) in [5.41, 5.74) is 6.73. The van der Waals surface area contributed by atoms with Crippen molar-refractivity contribution in [1.29, 1.82) is 0 Å². The average Bonchev–Trinajstić information content (AvgIpc) is 2.73. The van der Waals surface area contributed by atoms with Crippen LogP contribution in [0.15, 0.2) is 24.3 Å². The summed E-state index contributed by atoms with van der Waals surface area (Å²) in [5.74, 6) is 0. The number of hydrogen-bond donors (Lipinski definition) is 3. The molecule has 4 N–H and O–H groups in total. The third-order valence-corrected chi connectivity index (χ3v) is 2.45. The maximum absolute atomic E-state index is 10.6. The Morgan fingerprint density at radius 1 is 1.31 bits per heavy atom. The molecule has 0 radical (unpaired) electrons. The Morgan fingerprint density at radius 3 is 2.56 bits per heavy atom. The summed E-state index contributed by atoms with van der Waals surface area (Å²) >= 11 is 0. The fourth-order valence-electron chi connectivity index (χ4n) is 1.68. The van der Waals surface area contributed by atoms with Gasteiger partial charge in [-0.25, -0.2) is 4.79 Å². The molecule has 2 rings (SSSR count). The molecule has 1 aliphatic heterocycles. The molecule has 5 nitrogen and oxygen atoms in total. The highest BCUT2D eigenvalue weighted by Crippen LogP contribution is 2.16. The first-order valence-electron chi connectivity index (χ1n) is 5.25. The normalized spacial score (nSPS) is 19.4. The number of rotatable bonds is 3. The van der Waals surface area contributed by atoms with E-state index in [-0.39, 0.29) is 0 Å². The summed E-state index contributed by atoms with van der Waals surface area (Å²) in [7, 11) is 0. The zero-order valence-electron chi connectivity index (χ0n) is 8.90. The van der Waals surface area contributed by atoms with E-state index in [2.05, 4.69) is 10.6 Å². The summed E-state index contributed by atoms with van der Waals surface area (Å²) < 4.78 is 5.27. The minimum atomic E-state index is -0.551. The van der Waals surface area contributed by atoms with Crippen LogP contribution in [0.2, 0.25) is 0 Å². The van der Waals surface area contributed by atoms with Crippen molar-refractivity contribution in [3.8, 4) is 0 Å². The van der Waals surface area contributed by atoms with Crippen molar-refractivity contribution in [3.05, 3.63) is 24.3 Å². The van der Waals surface area contributed by atoms with E-state index in [1.54, 1.807) is 0 Å². The molecule has 1 aromatic rings. The lowest BCUT2D eigenvalue weighted by Crippen LogP contribution is -2.20. The average molecular weight is 221 g/mol. The van der Waals surface area contributed by atoms with Crippen molar-refractivity contribution in [2.45, 2.75) is 12.5 Å². The van der Waals surface area contributed by atoms with Crippen LogP contribution in [0.25, 0.3) is 0 Å². The van der Waals surface area contributed by atoms with Crippen LogP contribution < -0.4 is 16.4 Å². The van der Waals surface area contributed by atoms with Crippen LogP contribution in [-0.4, -0.2) is 25.3 Å². The SMILES string of the molecule is NC(=O)Nc1ccc(NC2CCOC2)cc1. The molecule has 2 amide bonds. The molecule has 16 heavy (non-hydrogen) atoms. The first-order chi connectivity index (χ1) is 7.74. The van der Waals surface area contributed by atoms with E-state index < -0.39 is 6.03 Å². The highest BCUT2D eigenvalue weighted by atomic mass is 16.5. The Balaban J connectivity index is 1.93. The third-order valence-electron chi connectivity index (χ3n) is 2.45. The molecule has 1 aromatic carbocycles. The summed E-state index contributed by atoms with van der Waals surface area (Å²) in [6.45, 7) is 1.57. The summed E-state index contributed by atoms with van der Waals surface area (Å²) in [5, 5.41) is 5.86. The molecule has 5 heteroatoms. The van der Waals surface area contributed by atoms with Crippen molar-refractivity contribution in [3.63, 3.8) is 0 Å². The molecule has 1 atom stereocenters. The molecule has 0 spiro atoms. The lowest BCUT2D eigenvalue weighted by molar-refractivity contribution is 0.195. The van der Waals surface area contributed by atoms with Crippen molar-refractivity contribution in [2.75, 3.05) is 23.8 Å². The lowest BCUT2D eigenvalue weighted by atomic mass is 10.2. The predicted molar refractivity (Wildman–Crippen MR) is 62.5 cm³/mol. The predicted octanol–water partition coefficient (Wildman–Crippen LogP) is 1.38. The number of nitrogens with one attached hydrogen (secondary N) is 2. The molecule has 1 saturated heterocycles. The van der Waals surface area contributed by atoms with Gasteiger partial charge in [0.1, 0.15) is 0 Å². The van der Waals surface area contributed by atoms with Crippen LogP contribution in [0.4, 0.5) is 16.2 Å². The monoisotopic (exact) mass is 221 g/mol.